The summed E-state index contributed by atoms with van der Waals surface area (Å²) in [4.78, 5) is 4.50. The lowest BCUT2D eigenvalue weighted by Gasteiger charge is -2.23. The van der Waals surface area contributed by atoms with Crippen LogP contribution in [-0.4, -0.2) is 5.71 Å². The summed E-state index contributed by atoms with van der Waals surface area (Å²) < 4.78 is 0. The van der Waals surface area contributed by atoms with E-state index in [4.69, 9.17) is 0 Å². The molecular weight excluding hydrogens is 146 g/mol. The van der Waals surface area contributed by atoms with Gasteiger partial charge < -0.3 is 0 Å². The first-order valence-corrected chi connectivity index (χ1v) is 5.09. The summed E-state index contributed by atoms with van der Waals surface area (Å²) in [6.45, 7) is 2.38. The molecule has 1 aliphatic carbocycles. The average Bonchev–Trinajstić information content (AvgIpc) is 2.29. The third-order valence-corrected chi connectivity index (χ3v) is 3.19. The molecule has 2 aliphatic rings. The van der Waals surface area contributed by atoms with E-state index >= 15 is 0 Å². The van der Waals surface area contributed by atoms with Crippen molar-refractivity contribution in [2.24, 2.45) is 16.8 Å². The van der Waals surface area contributed by atoms with Crippen molar-refractivity contribution in [3.63, 3.8) is 0 Å². The molecule has 1 fully saturated rings. The number of allylic oxidation sites excluding steroid dienone is 1. The van der Waals surface area contributed by atoms with Crippen LogP contribution in [0.4, 0.5) is 0 Å². The molecule has 1 heteroatoms. The second-order valence-electron chi connectivity index (χ2n) is 4.07. The van der Waals surface area contributed by atoms with Gasteiger partial charge in [-0.25, -0.2) is 0 Å². The highest BCUT2D eigenvalue weighted by Crippen LogP contribution is 2.31. The number of aliphatic imine (C=N–C) groups is 1. The van der Waals surface area contributed by atoms with Gasteiger partial charge in [-0.1, -0.05) is 25.8 Å². The van der Waals surface area contributed by atoms with Gasteiger partial charge in [0.2, 0.25) is 0 Å². The molecule has 0 N–H and O–H groups in total. The first-order valence-electron chi connectivity index (χ1n) is 5.09. The lowest BCUT2D eigenvalue weighted by molar-refractivity contribution is 0.425. The minimum absolute atomic E-state index is 0.775. The quantitative estimate of drug-likeness (QED) is 0.520. The van der Waals surface area contributed by atoms with E-state index in [-0.39, 0.29) is 0 Å². The highest BCUT2D eigenvalue weighted by molar-refractivity contribution is 5.88. The summed E-state index contributed by atoms with van der Waals surface area (Å²) in [5.41, 5.74) is 1.47. The number of fused-ring (bicyclic) bond motifs is 1. The predicted octanol–water partition coefficient (Wildman–Crippen LogP) is 3.17. The SMILES string of the molecule is CC1CCCCC2=NC=CCC21. The highest BCUT2D eigenvalue weighted by atomic mass is 14.7. The molecule has 66 valence electrons. The van der Waals surface area contributed by atoms with Crippen LogP contribution in [0.3, 0.4) is 0 Å². The first kappa shape index (κ1) is 8.03. The van der Waals surface area contributed by atoms with Gasteiger partial charge in [-0.3, -0.25) is 4.99 Å². The molecule has 0 amide bonds. The van der Waals surface area contributed by atoms with Gasteiger partial charge >= 0.3 is 0 Å². The van der Waals surface area contributed by atoms with Crippen molar-refractivity contribution in [3.8, 4) is 0 Å². The van der Waals surface area contributed by atoms with E-state index in [1.165, 1.54) is 37.8 Å². The third kappa shape index (κ3) is 1.45. The van der Waals surface area contributed by atoms with Crippen molar-refractivity contribution < 1.29 is 0 Å². The van der Waals surface area contributed by atoms with Gasteiger partial charge in [0.15, 0.2) is 0 Å². The van der Waals surface area contributed by atoms with Crippen LogP contribution < -0.4 is 0 Å². The maximum absolute atomic E-state index is 4.50. The van der Waals surface area contributed by atoms with Crippen LogP contribution in [0, 0.1) is 11.8 Å². The van der Waals surface area contributed by atoms with Gasteiger partial charge in [0.25, 0.3) is 0 Å². The largest absolute Gasteiger partial charge is 0.266 e. The maximum atomic E-state index is 4.50. The van der Waals surface area contributed by atoms with E-state index in [2.05, 4.69) is 18.0 Å². The molecule has 1 heterocycles. The summed E-state index contributed by atoms with van der Waals surface area (Å²) in [7, 11) is 0. The van der Waals surface area contributed by atoms with E-state index in [9.17, 15) is 0 Å². The molecule has 2 rings (SSSR count). The topological polar surface area (TPSA) is 12.4 Å². The molecule has 0 aromatic carbocycles. The number of rotatable bonds is 0. The fraction of sp³-hybridized carbons (Fsp3) is 0.727. The Morgan fingerprint density at radius 1 is 1.42 bits per heavy atom. The third-order valence-electron chi connectivity index (χ3n) is 3.19. The second kappa shape index (κ2) is 3.42. The standard InChI is InChI=1S/C11H17N/c1-9-5-2-3-7-11-10(9)6-4-8-12-11/h4,8-10H,2-3,5-7H2,1H3. The van der Waals surface area contributed by atoms with Gasteiger partial charge in [0, 0.05) is 17.8 Å². The predicted molar refractivity (Wildman–Crippen MR) is 52.3 cm³/mol. The second-order valence-corrected chi connectivity index (χ2v) is 4.07. The van der Waals surface area contributed by atoms with Crippen LogP contribution in [0.25, 0.3) is 0 Å². The zero-order chi connectivity index (χ0) is 8.39. The molecule has 0 saturated heterocycles. The Kier molecular flexibility index (Phi) is 2.29. The van der Waals surface area contributed by atoms with Gasteiger partial charge in [0.1, 0.15) is 0 Å². The van der Waals surface area contributed by atoms with Gasteiger partial charge in [-0.2, -0.15) is 0 Å². The van der Waals surface area contributed by atoms with E-state index in [1.54, 1.807) is 0 Å². The minimum atomic E-state index is 0.775. The molecule has 1 aliphatic heterocycles. The molecule has 0 aromatic rings. The smallest absolute Gasteiger partial charge is 0.0227 e. The van der Waals surface area contributed by atoms with Crippen molar-refractivity contribution in [3.05, 3.63) is 12.3 Å². The Morgan fingerprint density at radius 3 is 3.25 bits per heavy atom. The number of nitrogens with zero attached hydrogens (tertiary/aromatic N) is 1. The molecule has 1 saturated carbocycles. The molecule has 1 nitrogen and oxygen atoms in total. The van der Waals surface area contributed by atoms with Crippen molar-refractivity contribution in [1.82, 2.24) is 0 Å². The van der Waals surface area contributed by atoms with Crippen LogP contribution in [0.1, 0.15) is 39.0 Å². The molecule has 0 aromatic heterocycles. The zero-order valence-corrected chi connectivity index (χ0v) is 7.79. The Morgan fingerprint density at radius 2 is 2.33 bits per heavy atom. The lowest BCUT2D eigenvalue weighted by atomic mass is 9.84. The summed E-state index contributed by atoms with van der Waals surface area (Å²) in [5, 5.41) is 0. The van der Waals surface area contributed by atoms with Crippen LogP contribution in [-0.2, 0) is 0 Å². The molecule has 12 heavy (non-hydrogen) atoms. The highest BCUT2D eigenvalue weighted by Gasteiger charge is 2.25. The Hall–Kier alpha value is -0.590. The van der Waals surface area contributed by atoms with Crippen LogP contribution in [0.2, 0.25) is 0 Å². The fourth-order valence-electron chi connectivity index (χ4n) is 2.37. The normalized spacial score (nSPS) is 35.2. The van der Waals surface area contributed by atoms with Crippen molar-refractivity contribution in [1.29, 1.82) is 0 Å². The summed E-state index contributed by atoms with van der Waals surface area (Å²) in [6.07, 6.45) is 10.8. The molecule has 2 atom stereocenters. The van der Waals surface area contributed by atoms with Crippen LogP contribution >= 0.6 is 0 Å². The van der Waals surface area contributed by atoms with Crippen molar-refractivity contribution in [2.45, 2.75) is 39.0 Å². The van der Waals surface area contributed by atoms with E-state index in [0.717, 1.165) is 11.8 Å². The van der Waals surface area contributed by atoms with Crippen LogP contribution in [0.5, 0.6) is 0 Å². The molecule has 0 spiro atoms. The van der Waals surface area contributed by atoms with Gasteiger partial charge in [-0.05, 0) is 25.2 Å². The van der Waals surface area contributed by atoms with E-state index < -0.39 is 0 Å². The Labute approximate surface area is 74.6 Å². The summed E-state index contributed by atoms with van der Waals surface area (Å²) in [6, 6.07) is 0. The number of hydrogen-bond acceptors (Lipinski definition) is 1. The molecule has 0 radical (unpaired) electrons. The zero-order valence-electron chi connectivity index (χ0n) is 7.79. The van der Waals surface area contributed by atoms with Crippen LogP contribution in [0.15, 0.2) is 17.3 Å². The van der Waals surface area contributed by atoms with Gasteiger partial charge in [-0.15, -0.1) is 0 Å². The first-order chi connectivity index (χ1) is 5.88. The van der Waals surface area contributed by atoms with Crippen molar-refractivity contribution in [2.75, 3.05) is 0 Å². The number of hydrogen-bond donors (Lipinski definition) is 0. The summed E-state index contributed by atoms with van der Waals surface area (Å²) in [5.74, 6) is 1.63. The van der Waals surface area contributed by atoms with Gasteiger partial charge in [0.05, 0.1) is 0 Å². The maximum Gasteiger partial charge on any atom is 0.0227 e. The summed E-state index contributed by atoms with van der Waals surface area (Å²) >= 11 is 0. The Bertz CT molecular complexity index is 215. The minimum Gasteiger partial charge on any atom is -0.266 e. The fourth-order valence-corrected chi connectivity index (χ4v) is 2.37. The molecule has 0 bridgehead atoms. The monoisotopic (exact) mass is 163 g/mol. The van der Waals surface area contributed by atoms with E-state index in [0.29, 0.717) is 0 Å². The Balaban J connectivity index is 2.17. The average molecular weight is 163 g/mol. The molecular formula is C11H17N. The lowest BCUT2D eigenvalue weighted by Crippen LogP contribution is -2.20. The van der Waals surface area contributed by atoms with E-state index in [1.807, 2.05) is 6.20 Å². The van der Waals surface area contributed by atoms with Crippen molar-refractivity contribution >= 4 is 5.71 Å². The molecule has 2 unspecified atom stereocenters.